The van der Waals surface area contributed by atoms with E-state index in [1.54, 1.807) is 36.4 Å². The molecule has 2 rings (SSSR count). The first kappa shape index (κ1) is 19.3. The normalized spacial score (nSPS) is 10.5. The molecule has 2 N–H and O–H groups in total. The number of hydrogen-bond donors (Lipinski definition) is 2. The third-order valence-corrected chi connectivity index (χ3v) is 3.80. The Hall–Kier alpha value is -3.02. The van der Waals surface area contributed by atoms with Gasteiger partial charge in [0.25, 0.3) is 0 Å². The summed E-state index contributed by atoms with van der Waals surface area (Å²) in [5, 5.41) is 18.6. The Morgan fingerprint density at radius 2 is 1.31 bits per heavy atom. The standard InChI is InChI=1S/C20H22O6/c1-2-3-4-13-18(25-16-11-7-5-9-14(16)19(21)22)26-17-12-8-6-10-15(17)20(23)24/h5-12,18H,2-4,13H2,1H3,(H,21,22)(H,23,24). The second kappa shape index (κ2) is 9.46. The zero-order valence-corrected chi connectivity index (χ0v) is 14.6. The van der Waals surface area contributed by atoms with Crippen molar-refractivity contribution in [2.24, 2.45) is 0 Å². The van der Waals surface area contributed by atoms with E-state index < -0.39 is 18.2 Å². The van der Waals surface area contributed by atoms with Gasteiger partial charge in [0.05, 0.1) is 0 Å². The molecule has 138 valence electrons. The molecule has 0 saturated heterocycles. The van der Waals surface area contributed by atoms with Gasteiger partial charge in [-0.25, -0.2) is 9.59 Å². The van der Waals surface area contributed by atoms with Gasteiger partial charge < -0.3 is 19.7 Å². The zero-order chi connectivity index (χ0) is 18.9. The van der Waals surface area contributed by atoms with Gasteiger partial charge in [0, 0.05) is 6.42 Å². The summed E-state index contributed by atoms with van der Waals surface area (Å²) < 4.78 is 11.6. The van der Waals surface area contributed by atoms with E-state index in [1.807, 2.05) is 0 Å². The number of carbonyl (C=O) groups is 2. The molecule has 6 nitrogen and oxygen atoms in total. The maximum absolute atomic E-state index is 11.4. The Labute approximate surface area is 152 Å². The van der Waals surface area contributed by atoms with Crippen LogP contribution in [0.3, 0.4) is 0 Å². The molecule has 0 aliphatic heterocycles. The van der Waals surface area contributed by atoms with Crippen LogP contribution in [-0.2, 0) is 0 Å². The van der Waals surface area contributed by atoms with Gasteiger partial charge >= 0.3 is 11.9 Å². The summed E-state index contributed by atoms with van der Waals surface area (Å²) in [6.07, 6.45) is 2.50. The van der Waals surface area contributed by atoms with Crippen molar-refractivity contribution < 1.29 is 29.3 Å². The molecule has 2 aromatic rings. The fourth-order valence-electron chi connectivity index (χ4n) is 2.48. The molecule has 0 aliphatic rings. The van der Waals surface area contributed by atoms with Crippen molar-refractivity contribution in [1.29, 1.82) is 0 Å². The lowest BCUT2D eigenvalue weighted by atomic mass is 10.1. The number of aromatic carboxylic acids is 2. The van der Waals surface area contributed by atoms with Gasteiger partial charge in [0.2, 0.25) is 6.29 Å². The molecular weight excluding hydrogens is 336 g/mol. The van der Waals surface area contributed by atoms with Crippen molar-refractivity contribution in [3.63, 3.8) is 0 Å². The molecule has 0 radical (unpaired) electrons. The monoisotopic (exact) mass is 358 g/mol. The third kappa shape index (κ3) is 5.24. The van der Waals surface area contributed by atoms with E-state index in [9.17, 15) is 19.8 Å². The van der Waals surface area contributed by atoms with Crippen LogP contribution in [0, 0.1) is 0 Å². The third-order valence-electron chi connectivity index (χ3n) is 3.80. The molecule has 0 aromatic heterocycles. The topological polar surface area (TPSA) is 93.1 Å². The van der Waals surface area contributed by atoms with Crippen LogP contribution in [0.4, 0.5) is 0 Å². The van der Waals surface area contributed by atoms with Crippen LogP contribution in [0.2, 0.25) is 0 Å². The molecule has 0 unspecified atom stereocenters. The zero-order valence-electron chi connectivity index (χ0n) is 14.6. The van der Waals surface area contributed by atoms with Crippen LogP contribution < -0.4 is 9.47 Å². The summed E-state index contributed by atoms with van der Waals surface area (Å²) in [6.45, 7) is 2.07. The van der Waals surface area contributed by atoms with E-state index in [2.05, 4.69) is 6.92 Å². The van der Waals surface area contributed by atoms with Gasteiger partial charge in [-0.15, -0.1) is 0 Å². The van der Waals surface area contributed by atoms with Crippen LogP contribution in [0.15, 0.2) is 48.5 Å². The minimum atomic E-state index is -1.10. The number of carboxylic acids is 2. The second-order valence-corrected chi connectivity index (χ2v) is 5.76. The number of unbranched alkanes of at least 4 members (excludes halogenated alkanes) is 2. The summed E-state index contributed by atoms with van der Waals surface area (Å²) in [7, 11) is 0. The van der Waals surface area contributed by atoms with Crippen LogP contribution in [0.25, 0.3) is 0 Å². The predicted molar refractivity (Wildman–Crippen MR) is 96.0 cm³/mol. The highest BCUT2D eigenvalue weighted by atomic mass is 16.7. The Bertz CT molecular complexity index is 696. The minimum Gasteiger partial charge on any atom is -0.478 e. The van der Waals surface area contributed by atoms with Crippen molar-refractivity contribution in [3.8, 4) is 11.5 Å². The summed E-state index contributed by atoms with van der Waals surface area (Å²) in [5.41, 5.74) is 0.0613. The van der Waals surface area contributed by atoms with E-state index in [1.165, 1.54) is 12.1 Å². The lowest BCUT2D eigenvalue weighted by molar-refractivity contribution is -0.00406. The van der Waals surface area contributed by atoms with Crippen molar-refractivity contribution >= 4 is 11.9 Å². The lowest BCUT2D eigenvalue weighted by Gasteiger charge is -2.22. The van der Waals surface area contributed by atoms with Gasteiger partial charge in [-0.3, -0.25) is 0 Å². The first-order valence-corrected chi connectivity index (χ1v) is 8.51. The van der Waals surface area contributed by atoms with E-state index in [4.69, 9.17) is 9.47 Å². The molecule has 0 aliphatic carbocycles. The van der Waals surface area contributed by atoms with Gasteiger partial charge in [0.1, 0.15) is 22.6 Å². The molecule has 0 bridgehead atoms. The van der Waals surface area contributed by atoms with E-state index in [0.717, 1.165) is 19.3 Å². The second-order valence-electron chi connectivity index (χ2n) is 5.76. The molecule has 6 heteroatoms. The molecule has 0 spiro atoms. The number of rotatable bonds is 10. The SMILES string of the molecule is CCCCCC(Oc1ccccc1C(=O)O)Oc1ccccc1C(=O)O. The van der Waals surface area contributed by atoms with Crippen LogP contribution in [-0.4, -0.2) is 28.4 Å². The van der Waals surface area contributed by atoms with E-state index in [0.29, 0.717) is 6.42 Å². The van der Waals surface area contributed by atoms with Crippen LogP contribution >= 0.6 is 0 Å². The van der Waals surface area contributed by atoms with E-state index >= 15 is 0 Å². The fourth-order valence-corrected chi connectivity index (χ4v) is 2.48. The van der Waals surface area contributed by atoms with Gasteiger partial charge in [-0.05, 0) is 30.7 Å². The van der Waals surface area contributed by atoms with Crippen LogP contribution in [0.1, 0.15) is 53.3 Å². The lowest BCUT2D eigenvalue weighted by Crippen LogP contribution is -2.25. The minimum absolute atomic E-state index is 0.0307. The quantitative estimate of drug-likeness (QED) is 0.481. The highest BCUT2D eigenvalue weighted by molar-refractivity contribution is 5.91. The average Bonchev–Trinajstić information content (AvgIpc) is 2.62. The Morgan fingerprint density at radius 3 is 1.73 bits per heavy atom. The Morgan fingerprint density at radius 1 is 0.846 bits per heavy atom. The maximum atomic E-state index is 11.4. The van der Waals surface area contributed by atoms with Crippen molar-refractivity contribution in [2.45, 2.75) is 38.9 Å². The van der Waals surface area contributed by atoms with Gasteiger partial charge in [-0.2, -0.15) is 0 Å². The first-order chi connectivity index (χ1) is 12.5. The van der Waals surface area contributed by atoms with Crippen molar-refractivity contribution in [1.82, 2.24) is 0 Å². The van der Waals surface area contributed by atoms with Gasteiger partial charge in [-0.1, -0.05) is 44.0 Å². The molecule has 26 heavy (non-hydrogen) atoms. The molecule has 0 saturated carbocycles. The number of carboxylic acid groups (broad SMARTS) is 2. The van der Waals surface area contributed by atoms with Crippen LogP contribution in [0.5, 0.6) is 11.5 Å². The average molecular weight is 358 g/mol. The molecule has 0 atom stereocenters. The molecule has 0 fully saturated rings. The van der Waals surface area contributed by atoms with Gasteiger partial charge in [0.15, 0.2) is 0 Å². The highest BCUT2D eigenvalue weighted by Crippen LogP contribution is 2.25. The smallest absolute Gasteiger partial charge is 0.339 e. The molecule has 0 amide bonds. The number of para-hydroxylation sites is 2. The molecule has 0 heterocycles. The number of benzene rings is 2. The summed E-state index contributed by atoms with van der Waals surface area (Å²) in [4.78, 5) is 22.7. The highest BCUT2D eigenvalue weighted by Gasteiger charge is 2.20. The predicted octanol–water partition coefficient (Wildman–Crippen LogP) is 4.45. The summed E-state index contributed by atoms with van der Waals surface area (Å²) >= 11 is 0. The largest absolute Gasteiger partial charge is 0.478 e. The van der Waals surface area contributed by atoms with Crippen molar-refractivity contribution in [2.75, 3.05) is 0 Å². The summed E-state index contributed by atoms with van der Waals surface area (Å²) in [6, 6.07) is 12.6. The number of hydrogen-bond acceptors (Lipinski definition) is 4. The van der Waals surface area contributed by atoms with Crippen molar-refractivity contribution in [3.05, 3.63) is 59.7 Å². The van der Waals surface area contributed by atoms with E-state index in [-0.39, 0.29) is 22.6 Å². The number of ether oxygens (including phenoxy) is 2. The Kier molecular flexibility index (Phi) is 7.02. The first-order valence-electron chi connectivity index (χ1n) is 8.51. The molecule has 2 aromatic carbocycles. The molecular formula is C20H22O6. The maximum Gasteiger partial charge on any atom is 0.339 e. The fraction of sp³-hybridized carbons (Fsp3) is 0.300. The summed E-state index contributed by atoms with van der Waals surface area (Å²) in [5.74, 6) is -1.82. The Balaban J connectivity index is 2.24.